The Kier molecular flexibility index (Phi) is 3.35. The molecule has 0 saturated heterocycles. The largest absolute Gasteiger partial charge is 0.493 e. The molecule has 2 heterocycles. The van der Waals surface area contributed by atoms with Crippen molar-refractivity contribution in [2.45, 2.75) is 12.5 Å². The number of benzene rings is 1. The molecule has 21 heavy (non-hydrogen) atoms. The van der Waals surface area contributed by atoms with E-state index in [0.29, 0.717) is 24.5 Å². The topological polar surface area (TPSA) is 109 Å². The van der Waals surface area contributed by atoms with Crippen molar-refractivity contribution >= 4 is 5.91 Å². The van der Waals surface area contributed by atoms with E-state index in [2.05, 4.69) is 20.5 Å². The van der Waals surface area contributed by atoms with Crippen molar-refractivity contribution in [3.05, 3.63) is 40.1 Å². The number of carbonyl (C=O) groups excluding carboxylic acids is 1. The van der Waals surface area contributed by atoms with Gasteiger partial charge in [0, 0.05) is 5.56 Å². The summed E-state index contributed by atoms with van der Waals surface area (Å²) < 4.78 is 10.9. The SMILES string of the molecule is COc1cccc2c1OC[C@H](NC(=O)c1n[nH]c(=O)[nH]1)C2. The normalized spacial score (nSPS) is 16.7. The van der Waals surface area contributed by atoms with Gasteiger partial charge in [-0.05, 0) is 12.5 Å². The van der Waals surface area contributed by atoms with E-state index < -0.39 is 11.6 Å². The van der Waals surface area contributed by atoms with E-state index in [0.717, 1.165) is 5.56 Å². The maximum atomic E-state index is 11.9. The Labute approximate surface area is 119 Å². The molecule has 0 aliphatic carbocycles. The Morgan fingerprint density at radius 1 is 1.52 bits per heavy atom. The molecule has 8 heteroatoms. The Balaban J connectivity index is 1.72. The van der Waals surface area contributed by atoms with Crippen molar-refractivity contribution in [1.29, 1.82) is 0 Å². The first kappa shape index (κ1) is 13.2. The highest BCUT2D eigenvalue weighted by molar-refractivity contribution is 5.90. The molecule has 3 N–H and O–H groups in total. The molecule has 1 atom stereocenters. The van der Waals surface area contributed by atoms with Gasteiger partial charge >= 0.3 is 5.69 Å². The lowest BCUT2D eigenvalue weighted by Gasteiger charge is -2.26. The fourth-order valence-electron chi connectivity index (χ4n) is 2.28. The fraction of sp³-hybridized carbons (Fsp3) is 0.308. The number of nitrogens with zero attached hydrogens (tertiary/aromatic N) is 1. The standard InChI is InChI=1S/C13H14N4O4/c1-20-9-4-2-3-7-5-8(6-21-10(7)9)14-12(18)11-15-13(19)17-16-11/h2-4,8H,5-6H2,1H3,(H,14,18)(H2,15,16,17,19)/t8-/m1/s1. The number of hydrogen-bond donors (Lipinski definition) is 3. The molecule has 0 saturated carbocycles. The van der Waals surface area contributed by atoms with Crippen LogP contribution in [0.1, 0.15) is 16.2 Å². The van der Waals surface area contributed by atoms with E-state index in [9.17, 15) is 9.59 Å². The van der Waals surface area contributed by atoms with E-state index in [4.69, 9.17) is 9.47 Å². The average Bonchev–Trinajstić information content (AvgIpc) is 2.93. The molecule has 2 aromatic rings. The average molecular weight is 290 g/mol. The number of amides is 1. The second-order valence-electron chi connectivity index (χ2n) is 4.66. The van der Waals surface area contributed by atoms with Gasteiger partial charge in [-0.2, -0.15) is 0 Å². The van der Waals surface area contributed by atoms with E-state index in [1.165, 1.54) is 0 Å². The van der Waals surface area contributed by atoms with Gasteiger partial charge in [0.2, 0.25) is 5.82 Å². The number of para-hydroxylation sites is 1. The number of methoxy groups -OCH3 is 1. The Morgan fingerprint density at radius 2 is 2.38 bits per heavy atom. The predicted molar refractivity (Wildman–Crippen MR) is 72.7 cm³/mol. The highest BCUT2D eigenvalue weighted by Gasteiger charge is 2.25. The second kappa shape index (κ2) is 5.31. The van der Waals surface area contributed by atoms with Gasteiger partial charge in [-0.1, -0.05) is 12.1 Å². The van der Waals surface area contributed by atoms with E-state index in [-0.39, 0.29) is 11.9 Å². The zero-order valence-electron chi connectivity index (χ0n) is 11.3. The van der Waals surface area contributed by atoms with E-state index in [1.54, 1.807) is 7.11 Å². The molecule has 1 aromatic carbocycles. The number of ether oxygens (including phenoxy) is 2. The van der Waals surface area contributed by atoms with Crippen LogP contribution >= 0.6 is 0 Å². The molecule has 1 aliphatic rings. The van der Waals surface area contributed by atoms with Crippen LogP contribution in [-0.4, -0.2) is 40.8 Å². The van der Waals surface area contributed by atoms with Crippen LogP contribution in [0.3, 0.4) is 0 Å². The number of carbonyl (C=O) groups is 1. The molecule has 0 unspecified atom stereocenters. The van der Waals surface area contributed by atoms with Crippen molar-refractivity contribution in [1.82, 2.24) is 20.5 Å². The molecule has 0 bridgehead atoms. The summed E-state index contributed by atoms with van der Waals surface area (Å²) in [4.78, 5) is 25.2. The zero-order valence-corrected chi connectivity index (χ0v) is 11.3. The zero-order chi connectivity index (χ0) is 14.8. The summed E-state index contributed by atoms with van der Waals surface area (Å²) in [6, 6.07) is 5.42. The Bertz CT molecular complexity index is 721. The summed E-state index contributed by atoms with van der Waals surface area (Å²) >= 11 is 0. The van der Waals surface area contributed by atoms with Gasteiger partial charge in [0.1, 0.15) is 6.61 Å². The predicted octanol–water partition coefficient (Wildman–Crippen LogP) is -0.160. The van der Waals surface area contributed by atoms with Crippen LogP contribution < -0.4 is 20.5 Å². The van der Waals surface area contributed by atoms with Crippen molar-refractivity contribution in [3.63, 3.8) is 0 Å². The van der Waals surface area contributed by atoms with Crippen LogP contribution in [-0.2, 0) is 6.42 Å². The minimum Gasteiger partial charge on any atom is -0.493 e. The van der Waals surface area contributed by atoms with Crippen molar-refractivity contribution in [2.75, 3.05) is 13.7 Å². The van der Waals surface area contributed by atoms with Crippen molar-refractivity contribution in [3.8, 4) is 11.5 Å². The lowest BCUT2D eigenvalue weighted by atomic mass is 10.0. The van der Waals surface area contributed by atoms with Crippen molar-refractivity contribution in [2.24, 2.45) is 0 Å². The summed E-state index contributed by atoms with van der Waals surface area (Å²) in [6.45, 7) is 0.327. The fourth-order valence-corrected chi connectivity index (χ4v) is 2.28. The summed E-state index contributed by atoms with van der Waals surface area (Å²) in [6.07, 6.45) is 0.618. The highest BCUT2D eigenvalue weighted by atomic mass is 16.5. The number of aromatic nitrogens is 3. The third kappa shape index (κ3) is 2.60. The summed E-state index contributed by atoms with van der Waals surface area (Å²) in [7, 11) is 1.58. The quantitative estimate of drug-likeness (QED) is 0.727. The van der Waals surface area contributed by atoms with Gasteiger partial charge in [-0.15, -0.1) is 5.10 Å². The smallest absolute Gasteiger partial charge is 0.341 e. The molecule has 8 nitrogen and oxygen atoms in total. The first-order valence-electron chi connectivity index (χ1n) is 6.41. The monoisotopic (exact) mass is 290 g/mol. The maximum absolute atomic E-state index is 11.9. The minimum absolute atomic E-state index is 0.0450. The van der Waals surface area contributed by atoms with E-state index in [1.807, 2.05) is 18.2 Å². The molecule has 110 valence electrons. The van der Waals surface area contributed by atoms with Gasteiger partial charge in [-0.3, -0.25) is 9.78 Å². The molecular formula is C13H14N4O4. The van der Waals surface area contributed by atoms with Gasteiger partial charge in [0.25, 0.3) is 5.91 Å². The van der Waals surface area contributed by atoms with Crippen molar-refractivity contribution < 1.29 is 14.3 Å². The van der Waals surface area contributed by atoms with Gasteiger partial charge in [0.05, 0.1) is 13.2 Å². The van der Waals surface area contributed by atoms with Crippen LogP contribution in [0.25, 0.3) is 0 Å². The highest BCUT2D eigenvalue weighted by Crippen LogP contribution is 2.34. The number of rotatable bonds is 3. The molecule has 0 fully saturated rings. The maximum Gasteiger partial charge on any atom is 0.341 e. The van der Waals surface area contributed by atoms with Gasteiger partial charge in [-0.25, -0.2) is 9.89 Å². The van der Waals surface area contributed by atoms with Gasteiger partial charge < -0.3 is 14.8 Å². The first-order chi connectivity index (χ1) is 10.2. The molecular weight excluding hydrogens is 276 g/mol. The molecule has 1 amide bonds. The van der Waals surface area contributed by atoms with Crippen LogP contribution in [0.4, 0.5) is 0 Å². The molecule has 1 aliphatic heterocycles. The molecule has 0 radical (unpaired) electrons. The summed E-state index contributed by atoms with van der Waals surface area (Å²) in [5.74, 6) is 0.886. The number of hydrogen-bond acceptors (Lipinski definition) is 5. The Hall–Kier alpha value is -2.77. The third-order valence-corrected chi connectivity index (χ3v) is 3.23. The van der Waals surface area contributed by atoms with Crippen LogP contribution in [0.15, 0.2) is 23.0 Å². The molecule has 3 rings (SSSR count). The number of nitrogens with one attached hydrogen (secondary N) is 3. The summed E-state index contributed by atoms with van der Waals surface area (Å²) in [5.41, 5.74) is 0.441. The number of fused-ring (bicyclic) bond motifs is 1. The number of H-pyrrole nitrogens is 2. The third-order valence-electron chi connectivity index (χ3n) is 3.23. The van der Waals surface area contributed by atoms with E-state index >= 15 is 0 Å². The molecule has 0 spiro atoms. The van der Waals surface area contributed by atoms with Crippen LogP contribution in [0.5, 0.6) is 11.5 Å². The first-order valence-corrected chi connectivity index (χ1v) is 6.41. The number of aromatic amines is 2. The summed E-state index contributed by atoms with van der Waals surface area (Å²) in [5, 5.41) is 8.50. The second-order valence-corrected chi connectivity index (χ2v) is 4.66. The Morgan fingerprint density at radius 3 is 3.10 bits per heavy atom. The lowest BCUT2D eigenvalue weighted by molar-refractivity contribution is 0.0904. The lowest BCUT2D eigenvalue weighted by Crippen LogP contribution is -2.43. The van der Waals surface area contributed by atoms with Crippen LogP contribution in [0, 0.1) is 0 Å². The van der Waals surface area contributed by atoms with Gasteiger partial charge in [0.15, 0.2) is 11.5 Å². The minimum atomic E-state index is -0.518. The van der Waals surface area contributed by atoms with Crippen LogP contribution in [0.2, 0.25) is 0 Å². The molecule has 1 aromatic heterocycles.